The molecule has 8 heteroatoms. The number of pyridine rings is 1. The lowest BCUT2D eigenvalue weighted by molar-refractivity contribution is -0.135. The molecule has 28 heavy (non-hydrogen) atoms. The van der Waals surface area contributed by atoms with Gasteiger partial charge < -0.3 is 19.1 Å². The lowest BCUT2D eigenvalue weighted by atomic mass is 10.0. The molecule has 0 spiro atoms. The lowest BCUT2D eigenvalue weighted by Crippen LogP contribution is -2.34. The SMILES string of the molecule is COc1ccc(OC)c([C@@H]2CCCN2C(=O)COC(=O)c2cccnc2Cl)c1. The highest BCUT2D eigenvalue weighted by molar-refractivity contribution is 6.32. The largest absolute Gasteiger partial charge is 0.497 e. The standard InChI is InChI=1S/C20H21ClN2O5/c1-26-13-7-8-17(27-2)15(11-13)16-6-4-10-23(16)18(24)12-28-20(25)14-5-3-9-22-19(14)21/h3,5,7-9,11,16H,4,6,10,12H2,1-2H3/t16-/m0/s1. The summed E-state index contributed by atoms with van der Waals surface area (Å²) in [5.74, 6) is 0.416. The maximum Gasteiger partial charge on any atom is 0.341 e. The number of nitrogens with zero attached hydrogens (tertiary/aromatic N) is 2. The summed E-state index contributed by atoms with van der Waals surface area (Å²) in [6, 6.07) is 8.41. The maximum atomic E-state index is 12.7. The van der Waals surface area contributed by atoms with Gasteiger partial charge in [-0.1, -0.05) is 11.6 Å². The number of carbonyl (C=O) groups is 2. The van der Waals surface area contributed by atoms with Crippen molar-refractivity contribution in [2.24, 2.45) is 0 Å². The van der Waals surface area contributed by atoms with Crippen molar-refractivity contribution in [3.8, 4) is 11.5 Å². The minimum absolute atomic E-state index is 0.0418. The van der Waals surface area contributed by atoms with E-state index in [4.69, 9.17) is 25.8 Å². The van der Waals surface area contributed by atoms with Gasteiger partial charge in [-0.3, -0.25) is 4.79 Å². The first-order chi connectivity index (χ1) is 13.5. The Morgan fingerprint density at radius 3 is 2.79 bits per heavy atom. The monoisotopic (exact) mass is 404 g/mol. The fourth-order valence-electron chi connectivity index (χ4n) is 3.31. The molecule has 1 atom stereocenters. The number of ether oxygens (including phenoxy) is 3. The Balaban J connectivity index is 1.72. The number of rotatable bonds is 6. The molecule has 0 saturated carbocycles. The van der Waals surface area contributed by atoms with Crippen molar-refractivity contribution in [2.45, 2.75) is 18.9 Å². The molecule has 0 N–H and O–H groups in total. The number of benzene rings is 1. The third kappa shape index (κ3) is 4.20. The molecule has 2 heterocycles. The molecule has 0 aliphatic carbocycles. The molecule has 1 aliphatic rings. The molecule has 1 amide bonds. The van der Waals surface area contributed by atoms with Gasteiger partial charge in [0.15, 0.2) is 6.61 Å². The van der Waals surface area contributed by atoms with Gasteiger partial charge in [-0.25, -0.2) is 9.78 Å². The molecular weight excluding hydrogens is 384 g/mol. The van der Waals surface area contributed by atoms with Crippen molar-refractivity contribution in [3.05, 3.63) is 52.8 Å². The van der Waals surface area contributed by atoms with Crippen molar-refractivity contribution in [2.75, 3.05) is 27.4 Å². The van der Waals surface area contributed by atoms with Crippen LogP contribution in [0.1, 0.15) is 34.8 Å². The Labute approximate surface area is 168 Å². The van der Waals surface area contributed by atoms with Crippen LogP contribution in [0.5, 0.6) is 11.5 Å². The average Bonchev–Trinajstić information content (AvgIpc) is 3.21. The normalized spacial score (nSPS) is 16.0. The van der Waals surface area contributed by atoms with Gasteiger partial charge in [0.1, 0.15) is 16.7 Å². The Morgan fingerprint density at radius 1 is 1.25 bits per heavy atom. The first-order valence-corrected chi connectivity index (χ1v) is 9.22. The third-order valence-electron chi connectivity index (χ3n) is 4.67. The third-order valence-corrected chi connectivity index (χ3v) is 4.98. The fraction of sp³-hybridized carbons (Fsp3) is 0.350. The van der Waals surface area contributed by atoms with Crippen LogP contribution in [-0.2, 0) is 9.53 Å². The van der Waals surface area contributed by atoms with E-state index in [0.717, 1.165) is 18.4 Å². The van der Waals surface area contributed by atoms with Gasteiger partial charge in [-0.15, -0.1) is 0 Å². The minimum atomic E-state index is -0.679. The van der Waals surface area contributed by atoms with E-state index in [1.807, 2.05) is 18.2 Å². The number of hydrogen-bond acceptors (Lipinski definition) is 6. The van der Waals surface area contributed by atoms with Gasteiger partial charge in [0.25, 0.3) is 5.91 Å². The van der Waals surface area contributed by atoms with Crippen molar-refractivity contribution in [1.82, 2.24) is 9.88 Å². The fourth-order valence-corrected chi connectivity index (χ4v) is 3.51. The molecule has 3 rings (SSSR count). The zero-order valence-corrected chi connectivity index (χ0v) is 16.4. The highest BCUT2D eigenvalue weighted by Gasteiger charge is 2.32. The average molecular weight is 405 g/mol. The Bertz CT molecular complexity index is 873. The smallest absolute Gasteiger partial charge is 0.341 e. The van der Waals surface area contributed by atoms with Gasteiger partial charge >= 0.3 is 5.97 Å². The Kier molecular flexibility index (Phi) is 6.36. The summed E-state index contributed by atoms with van der Waals surface area (Å²) < 4.78 is 15.9. The molecule has 0 radical (unpaired) electrons. The van der Waals surface area contributed by atoms with E-state index in [-0.39, 0.29) is 29.3 Å². The highest BCUT2D eigenvalue weighted by atomic mass is 35.5. The van der Waals surface area contributed by atoms with Crippen molar-refractivity contribution < 1.29 is 23.8 Å². The lowest BCUT2D eigenvalue weighted by Gasteiger charge is -2.26. The Morgan fingerprint density at radius 2 is 2.07 bits per heavy atom. The van der Waals surface area contributed by atoms with E-state index in [9.17, 15) is 9.59 Å². The van der Waals surface area contributed by atoms with E-state index < -0.39 is 5.97 Å². The zero-order valence-electron chi connectivity index (χ0n) is 15.7. The topological polar surface area (TPSA) is 78.0 Å². The summed E-state index contributed by atoms with van der Waals surface area (Å²) in [4.78, 5) is 30.4. The second-order valence-corrected chi connectivity index (χ2v) is 6.63. The zero-order chi connectivity index (χ0) is 20.1. The maximum absolute atomic E-state index is 12.7. The molecule has 0 bridgehead atoms. The number of likely N-dealkylation sites (tertiary alicyclic amines) is 1. The predicted molar refractivity (Wildman–Crippen MR) is 103 cm³/mol. The van der Waals surface area contributed by atoms with E-state index in [1.54, 1.807) is 25.2 Å². The van der Waals surface area contributed by atoms with Gasteiger partial charge in [0, 0.05) is 18.3 Å². The quantitative estimate of drug-likeness (QED) is 0.543. The Hall–Kier alpha value is -2.80. The van der Waals surface area contributed by atoms with E-state index in [1.165, 1.54) is 12.3 Å². The molecule has 0 unspecified atom stereocenters. The summed E-state index contributed by atoms with van der Waals surface area (Å²) in [6.07, 6.45) is 3.11. The van der Waals surface area contributed by atoms with Crippen LogP contribution in [0.25, 0.3) is 0 Å². The van der Waals surface area contributed by atoms with Gasteiger partial charge in [0.2, 0.25) is 0 Å². The minimum Gasteiger partial charge on any atom is -0.497 e. The van der Waals surface area contributed by atoms with Crippen LogP contribution >= 0.6 is 11.6 Å². The summed E-state index contributed by atoms with van der Waals surface area (Å²) in [5, 5.41) is 0.0418. The highest BCUT2D eigenvalue weighted by Crippen LogP contribution is 2.38. The van der Waals surface area contributed by atoms with Crippen LogP contribution in [0.4, 0.5) is 0 Å². The molecule has 1 saturated heterocycles. The molecule has 1 aromatic carbocycles. The van der Waals surface area contributed by atoms with Crippen LogP contribution in [0.3, 0.4) is 0 Å². The number of esters is 1. The van der Waals surface area contributed by atoms with Crippen LogP contribution in [0.2, 0.25) is 5.15 Å². The summed E-state index contributed by atoms with van der Waals surface area (Å²) in [5.41, 5.74) is 0.999. The predicted octanol–water partition coefficient (Wildman–Crippen LogP) is 3.27. The molecule has 148 valence electrons. The molecule has 1 fully saturated rings. The van der Waals surface area contributed by atoms with Crippen molar-refractivity contribution in [3.63, 3.8) is 0 Å². The molecule has 1 aliphatic heterocycles. The molecular formula is C20H21ClN2O5. The van der Waals surface area contributed by atoms with Crippen LogP contribution in [-0.4, -0.2) is 49.1 Å². The van der Waals surface area contributed by atoms with Gasteiger partial charge in [-0.2, -0.15) is 0 Å². The summed E-state index contributed by atoms with van der Waals surface area (Å²) in [7, 11) is 3.18. The first-order valence-electron chi connectivity index (χ1n) is 8.84. The van der Waals surface area contributed by atoms with Crippen LogP contribution in [0, 0.1) is 0 Å². The van der Waals surface area contributed by atoms with E-state index in [2.05, 4.69) is 4.98 Å². The molecule has 2 aromatic rings. The number of amides is 1. The van der Waals surface area contributed by atoms with E-state index in [0.29, 0.717) is 18.0 Å². The van der Waals surface area contributed by atoms with Crippen molar-refractivity contribution in [1.29, 1.82) is 0 Å². The van der Waals surface area contributed by atoms with Crippen LogP contribution in [0.15, 0.2) is 36.5 Å². The van der Waals surface area contributed by atoms with E-state index >= 15 is 0 Å². The number of carbonyl (C=O) groups excluding carboxylic acids is 2. The van der Waals surface area contributed by atoms with Gasteiger partial charge in [0.05, 0.1) is 25.8 Å². The summed E-state index contributed by atoms with van der Waals surface area (Å²) in [6.45, 7) is 0.210. The molecule has 1 aromatic heterocycles. The number of hydrogen-bond donors (Lipinski definition) is 0. The number of methoxy groups -OCH3 is 2. The second kappa shape index (κ2) is 8.93. The summed E-state index contributed by atoms with van der Waals surface area (Å²) >= 11 is 5.89. The first kappa shape index (κ1) is 19.9. The molecule has 7 nitrogen and oxygen atoms in total. The number of halogens is 1. The van der Waals surface area contributed by atoms with Crippen LogP contribution < -0.4 is 9.47 Å². The number of aromatic nitrogens is 1. The second-order valence-electron chi connectivity index (χ2n) is 6.27. The van der Waals surface area contributed by atoms with Crippen molar-refractivity contribution >= 4 is 23.5 Å². The van der Waals surface area contributed by atoms with Gasteiger partial charge in [-0.05, 0) is 43.2 Å².